The maximum atomic E-state index is 13.1. The Morgan fingerprint density at radius 1 is 1.16 bits per heavy atom. The second-order valence-corrected chi connectivity index (χ2v) is 9.63. The van der Waals surface area contributed by atoms with Crippen LogP contribution in [0.4, 0.5) is 10.1 Å². The summed E-state index contributed by atoms with van der Waals surface area (Å²) in [6, 6.07) is 11.8. The molecule has 3 aromatic rings. The molecular weight excluding hydrogens is 419 g/mol. The minimum absolute atomic E-state index is 0.0745. The van der Waals surface area contributed by atoms with Gasteiger partial charge in [-0.2, -0.15) is 9.40 Å². The second-order valence-electron chi connectivity index (χ2n) is 7.58. The van der Waals surface area contributed by atoms with E-state index in [1.807, 2.05) is 18.2 Å². The number of aromatic nitrogens is 2. The number of aromatic amines is 1. The number of nitrogens with one attached hydrogen (secondary N) is 2. The fourth-order valence-corrected chi connectivity index (χ4v) is 4.87. The van der Waals surface area contributed by atoms with Crippen molar-refractivity contribution < 1.29 is 17.6 Å². The van der Waals surface area contributed by atoms with Crippen molar-refractivity contribution in [2.24, 2.45) is 0 Å². The third kappa shape index (κ3) is 4.52. The van der Waals surface area contributed by atoms with E-state index in [1.54, 1.807) is 6.07 Å². The number of H-pyrrole nitrogens is 1. The number of carbonyl (C=O) groups is 1. The number of sulfonamides is 1. The molecule has 1 aromatic heterocycles. The third-order valence-electron chi connectivity index (χ3n) is 5.36. The van der Waals surface area contributed by atoms with Gasteiger partial charge in [-0.1, -0.05) is 12.1 Å². The number of aryl methyl sites for hydroxylation is 1. The maximum absolute atomic E-state index is 13.1. The molecule has 0 saturated heterocycles. The van der Waals surface area contributed by atoms with Crippen molar-refractivity contribution in [3.8, 4) is 11.3 Å². The van der Waals surface area contributed by atoms with Gasteiger partial charge < -0.3 is 5.32 Å². The van der Waals surface area contributed by atoms with Crippen LogP contribution in [0.1, 0.15) is 24.1 Å². The number of halogens is 1. The number of amides is 1. The minimum atomic E-state index is -3.91. The van der Waals surface area contributed by atoms with Gasteiger partial charge in [-0.25, -0.2) is 12.8 Å². The first-order valence-electron chi connectivity index (χ1n) is 10.0. The van der Waals surface area contributed by atoms with Crippen LogP contribution in [0.3, 0.4) is 0 Å². The molecule has 0 atom stereocenters. The first-order valence-corrected chi connectivity index (χ1v) is 11.5. The summed E-state index contributed by atoms with van der Waals surface area (Å²) >= 11 is 0. The molecule has 7 nitrogen and oxygen atoms in total. The fraction of sp³-hybridized carbons (Fsp3) is 0.273. The molecule has 1 aliphatic carbocycles. The van der Waals surface area contributed by atoms with E-state index < -0.39 is 21.7 Å². The zero-order chi connectivity index (χ0) is 22.0. The van der Waals surface area contributed by atoms with E-state index in [0.29, 0.717) is 5.69 Å². The van der Waals surface area contributed by atoms with Crippen LogP contribution in [0.25, 0.3) is 11.3 Å². The predicted molar refractivity (Wildman–Crippen MR) is 116 cm³/mol. The first-order chi connectivity index (χ1) is 14.8. The SMILES string of the molecule is CN(CC(=O)Nc1cccc(-c2n[nH]c3c2CCCC3)c1)S(=O)(=O)c1ccc(F)cc1. The van der Waals surface area contributed by atoms with Crippen molar-refractivity contribution in [3.63, 3.8) is 0 Å². The molecule has 31 heavy (non-hydrogen) atoms. The zero-order valence-corrected chi connectivity index (χ0v) is 17.9. The highest BCUT2D eigenvalue weighted by Gasteiger charge is 2.23. The maximum Gasteiger partial charge on any atom is 0.243 e. The van der Waals surface area contributed by atoms with Crippen molar-refractivity contribution in [3.05, 3.63) is 65.6 Å². The van der Waals surface area contributed by atoms with E-state index in [2.05, 4.69) is 15.5 Å². The van der Waals surface area contributed by atoms with Crippen LogP contribution in [0.5, 0.6) is 0 Å². The van der Waals surface area contributed by atoms with Crippen molar-refractivity contribution in [1.82, 2.24) is 14.5 Å². The van der Waals surface area contributed by atoms with Gasteiger partial charge in [0.05, 0.1) is 17.1 Å². The van der Waals surface area contributed by atoms with Crippen molar-refractivity contribution in [2.75, 3.05) is 18.9 Å². The molecule has 1 aliphatic rings. The molecule has 1 heterocycles. The highest BCUT2D eigenvalue weighted by molar-refractivity contribution is 7.89. The Bertz CT molecular complexity index is 1210. The fourth-order valence-electron chi connectivity index (χ4n) is 3.74. The van der Waals surface area contributed by atoms with Gasteiger partial charge in [0.25, 0.3) is 0 Å². The van der Waals surface area contributed by atoms with Crippen molar-refractivity contribution >= 4 is 21.6 Å². The van der Waals surface area contributed by atoms with Gasteiger partial charge in [0.15, 0.2) is 0 Å². The largest absolute Gasteiger partial charge is 0.325 e. The van der Waals surface area contributed by atoms with Crippen LogP contribution in [0.2, 0.25) is 0 Å². The summed E-state index contributed by atoms with van der Waals surface area (Å²) in [6.07, 6.45) is 4.25. The molecule has 162 valence electrons. The molecule has 0 spiro atoms. The summed E-state index contributed by atoms with van der Waals surface area (Å²) in [5.74, 6) is -1.01. The molecule has 2 aromatic carbocycles. The van der Waals surface area contributed by atoms with Gasteiger partial charge in [-0.05, 0) is 62.1 Å². The molecule has 1 amide bonds. The van der Waals surface area contributed by atoms with Crippen LogP contribution >= 0.6 is 0 Å². The zero-order valence-electron chi connectivity index (χ0n) is 17.1. The van der Waals surface area contributed by atoms with Crippen LogP contribution in [0, 0.1) is 5.82 Å². The van der Waals surface area contributed by atoms with E-state index in [4.69, 9.17) is 0 Å². The number of carbonyl (C=O) groups excluding carboxylic acids is 1. The summed E-state index contributed by atoms with van der Waals surface area (Å²) in [6.45, 7) is -0.373. The number of hydrogen-bond acceptors (Lipinski definition) is 4. The number of benzene rings is 2. The standard InChI is InChI=1S/C22H23FN4O3S/c1-27(31(29,30)18-11-9-16(23)10-12-18)14-21(28)24-17-6-4-5-15(13-17)22-19-7-2-3-8-20(19)25-26-22/h4-6,9-13H,2-3,7-8,14H2,1H3,(H,24,28)(H,25,26). The van der Waals surface area contributed by atoms with Crippen LogP contribution in [-0.2, 0) is 27.7 Å². The molecule has 9 heteroatoms. The smallest absolute Gasteiger partial charge is 0.243 e. The molecule has 0 saturated carbocycles. The summed E-state index contributed by atoms with van der Waals surface area (Å²) < 4.78 is 39.2. The normalized spacial score (nSPS) is 13.8. The van der Waals surface area contributed by atoms with Gasteiger partial charge >= 0.3 is 0 Å². The van der Waals surface area contributed by atoms with Gasteiger partial charge in [-0.3, -0.25) is 9.89 Å². The molecule has 0 aliphatic heterocycles. The van der Waals surface area contributed by atoms with Gasteiger partial charge in [0.2, 0.25) is 15.9 Å². The predicted octanol–water partition coefficient (Wildman–Crippen LogP) is 3.35. The minimum Gasteiger partial charge on any atom is -0.325 e. The van der Waals surface area contributed by atoms with Gasteiger partial charge in [0, 0.05) is 29.6 Å². The lowest BCUT2D eigenvalue weighted by atomic mass is 9.93. The highest BCUT2D eigenvalue weighted by Crippen LogP contribution is 2.30. The van der Waals surface area contributed by atoms with Crippen LogP contribution in [0.15, 0.2) is 53.4 Å². The van der Waals surface area contributed by atoms with E-state index in [9.17, 15) is 17.6 Å². The van der Waals surface area contributed by atoms with E-state index in [0.717, 1.165) is 53.4 Å². The second kappa shape index (κ2) is 8.60. The Kier molecular flexibility index (Phi) is 5.88. The molecule has 2 N–H and O–H groups in total. The lowest BCUT2D eigenvalue weighted by Gasteiger charge is -2.17. The number of anilines is 1. The number of fused-ring (bicyclic) bond motifs is 1. The summed E-state index contributed by atoms with van der Waals surface area (Å²) in [7, 11) is -2.60. The first kappa shape index (κ1) is 21.2. The quantitative estimate of drug-likeness (QED) is 0.612. The van der Waals surface area contributed by atoms with Crippen molar-refractivity contribution in [1.29, 1.82) is 0 Å². The Labute approximate surface area is 180 Å². The van der Waals surface area contributed by atoms with Gasteiger partial charge in [-0.15, -0.1) is 0 Å². The lowest BCUT2D eigenvalue weighted by Crippen LogP contribution is -2.34. The summed E-state index contributed by atoms with van der Waals surface area (Å²) in [4.78, 5) is 12.4. The highest BCUT2D eigenvalue weighted by atomic mass is 32.2. The van der Waals surface area contributed by atoms with E-state index >= 15 is 0 Å². The number of likely N-dealkylation sites (N-methyl/N-ethyl adjacent to an activating group) is 1. The average Bonchev–Trinajstić information content (AvgIpc) is 3.18. The average molecular weight is 443 g/mol. The monoisotopic (exact) mass is 442 g/mol. The number of rotatable bonds is 6. The summed E-state index contributed by atoms with van der Waals surface area (Å²) in [5, 5.41) is 10.3. The third-order valence-corrected chi connectivity index (χ3v) is 7.18. The topological polar surface area (TPSA) is 95.2 Å². The lowest BCUT2D eigenvalue weighted by molar-refractivity contribution is -0.116. The molecule has 0 radical (unpaired) electrons. The molecular formula is C22H23FN4O3S. The molecule has 0 fully saturated rings. The number of nitrogens with zero attached hydrogens (tertiary/aromatic N) is 2. The Hall–Kier alpha value is -3.04. The molecule has 4 rings (SSSR count). The Balaban J connectivity index is 1.46. The van der Waals surface area contributed by atoms with Crippen LogP contribution < -0.4 is 5.32 Å². The summed E-state index contributed by atoms with van der Waals surface area (Å²) in [5.41, 5.74) is 4.73. The van der Waals surface area contributed by atoms with E-state index in [1.165, 1.54) is 30.4 Å². The van der Waals surface area contributed by atoms with E-state index in [-0.39, 0.29) is 11.4 Å². The Morgan fingerprint density at radius 2 is 1.90 bits per heavy atom. The Morgan fingerprint density at radius 3 is 2.68 bits per heavy atom. The number of hydrogen-bond donors (Lipinski definition) is 2. The van der Waals surface area contributed by atoms with Crippen molar-refractivity contribution in [2.45, 2.75) is 30.6 Å². The molecule has 0 bridgehead atoms. The molecule has 0 unspecified atom stereocenters. The van der Waals surface area contributed by atoms with Gasteiger partial charge in [0.1, 0.15) is 5.82 Å². The van der Waals surface area contributed by atoms with Crippen LogP contribution in [-0.4, -0.2) is 42.4 Å².